The van der Waals surface area contributed by atoms with Crippen molar-refractivity contribution in [2.75, 3.05) is 12.4 Å². The van der Waals surface area contributed by atoms with E-state index in [4.69, 9.17) is 4.74 Å². The van der Waals surface area contributed by atoms with Crippen LogP contribution in [-0.2, 0) is 9.84 Å². The van der Waals surface area contributed by atoms with Crippen LogP contribution in [0.15, 0.2) is 41.3 Å². The van der Waals surface area contributed by atoms with Gasteiger partial charge >= 0.3 is 5.51 Å². The molecule has 7 nitrogen and oxygen atoms in total. The predicted molar refractivity (Wildman–Crippen MR) is 95.2 cm³/mol. The van der Waals surface area contributed by atoms with Gasteiger partial charge in [-0.25, -0.2) is 22.2 Å². The van der Waals surface area contributed by atoms with Gasteiger partial charge in [0.15, 0.2) is 5.82 Å². The number of anilines is 1. The number of fused-ring (bicyclic) bond motifs is 1. The van der Waals surface area contributed by atoms with Crippen LogP contribution in [0.2, 0.25) is 0 Å². The van der Waals surface area contributed by atoms with Crippen LogP contribution in [-0.4, -0.2) is 36.9 Å². The van der Waals surface area contributed by atoms with Crippen LogP contribution in [0.1, 0.15) is 22.6 Å². The van der Waals surface area contributed by atoms with Gasteiger partial charge in [0.1, 0.15) is 5.75 Å². The molecule has 1 aromatic heterocycles. The fourth-order valence-electron chi connectivity index (χ4n) is 2.55. The minimum atomic E-state index is -5.65. The van der Waals surface area contributed by atoms with E-state index in [1.165, 1.54) is 25.3 Å². The van der Waals surface area contributed by atoms with Crippen LogP contribution in [0.4, 0.5) is 27.6 Å². The van der Waals surface area contributed by atoms with E-state index in [1.807, 2.05) is 0 Å². The number of benzene rings is 2. The Hall–Kier alpha value is -3.22. The fourth-order valence-corrected chi connectivity index (χ4v) is 3.34. The van der Waals surface area contributed by atoms with Crippen molar-refractivity contribution < 1.29 is 39.9 Å². The zero-order chi connectivity index (χ0) is 22.3. The molecular formula is C17H12F5N3O4S. The zero-order valence-electron chi connectivity index (χ0n) is 14.9. The number of rotatable bonds is 5. The highest BCUT2D eigenvalue weighted by Gasteiger charge is 2.47. The molecule has 13 heteroatoms. The molecule has 0 atom stereocenters. The standard InChI is InChI=1S/C17H12F5N3O4S/c1-29-13-5-3-9(30(27,28)17(20,21)22)7-12(13)25-16(26)8-2-4-10-11(6-8)24-15(23-10)14(18)19/h2-7,14H,1H3,(H,23,24)(H,25,26). The molecule has 3 rings (SSSR count). The van der Waals surface area contributed by atoms with Crippen LogP contribution in [0, 0.1) is 0 Å². The predicted octanol–water partition coefficient (Wildman–Crippen LogP) is 4.05. The number of amides is 1. The van der Waals surface area contributed by atoms with Crippen molar-refractivity contribution in [2.45, 2.75) is 16.8 Å². The average Bonchev–Trinajstić information content (AvgIpc) is 3.10. The number of ether oxygens (including phenoxy) is 1. The van der Waals surface area contributed by atoms with Crippen molar-refractivity contribution in [3.63, 3.8) is 0 Å². The fraction of sp³-hybridized carbons (Fsp3) is 0.176. The minimum Gasteiger partial charge on any atom is -0.495 e. The molecule has 0 fully saturated rings. The topological polar surface area (TPSA) is 101 Å². The molecule has 2 aromatic carbocycles. The Bertz CT molecular complexity index is 1220. The van der Waals surface area contributed by atoms with Crippen LogP contribution in [0.25, 0.3) is 11.0 Å². The molecule has 2 N–H and O–H groups in total. The molecule has 0 unspecified atom stereocenters. The van der Waals surface area contributed by atoms with Gasteiger partial charge in [0.2, 0.25) is 0 Å². The van der Waals surface area contributed by atoms with Gasteiger partial charge in [0, 0.05) is 5.56 Å². The lowest BCUT2D eigenvalue weighted by Gasteiger charge is -2.13. The Labute approximate surface area is 165 Å². The number of hydrogen-bond donors (Lipinski definition) is 2. The molecule has 0 saturated carbocycles. The van der Waals surface area contributed by atoms with Gasteiger partial charge < -0.3 is 15.0 Å². The Kier molecular flexibility index (Phi) is 5.41. The molecule has 0 aliphatic heterocycles. The van der Waals surface area contributed by atoms with Gasteiger partial charge in [-0.15, -0.1) is 0 Å². The Morgan fingerprint density at radius 2 is 1.87 bits per heavy atom. The molecule has 0 spiro atoms. The number of aromatic amines is 1. The van der Waals surface area contributed by atoms with Gasteiger partial charge in [-0.05, 0) is 36.4 Å². The second kappa shape index (κ2) is 7.55. The van der Waals surface area contributed by atoms with Crippen molar-refractivity contribution in [2.24, 2.45) is 0 Å². The number of hydrogen-bond acceptors (Lipinski definition) is 5. The maximum atomic E-state index is 12.8. The summed E-state index contributed by atoms with van der Waals surface area (Å²) in [5.41, 5.74) is -5.59. The van der Waals surface area contributed by atoms with Crippen molar-refractivity contribution in [1.82, 2.24) is 9.97 Å². The van der Waals surface area contributed by atoms with E-state index >= 15 is 0 Å². The van der Waals surface area contributed by atoms with Crippen molar-refractivity contribution in [3.05, 3.63) is 47.8 Å². The summed E-state index contributed by atoms with van der Waals surface area (Å²) in [6.45, 7) is 0. The van der Waals surface area contributed by atoms with Crippen molar-refractivity contribution in [1.29, 1.82) is 0 Å². The number of methoxy groups -OCH3 is 1. The maximum Gasteiger partial charge on any atom is 0.501 e. The molecule has 30 heavy (non-hydrogen) atoms. The molecule has 3 aromatic rings. The van der Waals surface area contributed by atoms with Gasteiger partial charge in [0.25, 0.3) is 22.2 Å². The highest BCUT2D eigenvalue weighted by molar-refractivity contribution is 7.92. The van der Waals surface area contributed by atoms with E-state index in [1.54, 1.807) is 0 Å². The number of halogens is 5. The number of carbonyl (C=O) groups is 1. The van der Waals surface area contributed by atoms with Crippen molar-refractivity contribution in [3.8, 4) is 5.75 Å². The highest BCUT2D eigenvalue weighted by atomic mass is 32.2. The summed E-state index contributed by atoms with van der Waals surface area (Å²) in [6.07, 6.45) is -2.85. The summed E-state index contributed by atoms with van der Waals surface area (Å²) in [5, 5.41) is 2.26. The number of carbonyl (C=O) groups excluding carboxylic acids is 1. The number of alkyl halides is 5. The number of H-pyrrole nitrogens is 1. The number of sulfone groups is 1. The first-order valence-electron chi connectivity index (χ1n) is 8.02. The highest BCUT2D eigenvalue weighted by Crippen LogP contribution is 2.35. The molecule has 0 aliphatic rings. The van der Waals surface area contributed by atoms with E-state index in [-0.39, 0.29) is 28.0 Å². The molecular weight excluding hydrogens is 437 g/mol. The number of imidazole rings is 1. The Balaban J connectivity index is 1.96. The molecule has 1 heterocycles. The maximum absolute atomic E-state index is 12.8. The quantitative estimate of drug-likeness (QED) is 0.573. The molecule has 0 radical (unpaired) electrons. The van der Waals surface area contributed by atoms with E-state index in [2.05, 4.69) is 15.3 Å². The van der Waals surface area contributed by atoms with E-state index in [9.17, 15) is 35.2 Å². The van der Waals surface area contributed by atoms with E-state index < -0.39 is 38.4 Å². The van der Waals surface area contributed by atoms with Crippen LogP contribution in [0.3, 0.4) is 0 Å². The SMILES string of the molecule is COc1ccc(S(=O)(=O)C(F)(F)F)cc1NC(=O)c1ccc2nc(C(F)F)[nH]c2c1. The molecule has 0 bridgehead atoms. The second-order valence-corrected chi connectivity index (χ2v) is 7.86. The van der Waals surface area contributed by atoms with Gasteiger partial charge in [-0.1, -0.05) is 0 Å². The summed E-state index contributed by atoms with van der Waals surface area (Å²) >= 11 is 0. The van der Waals surface area contributed by atoms with Gasteiger partial charge in [0.05, 0.1) is 28.7 Å². The number of nitrogens with zero attached hydrogens (tertiary/aromatic N) is 1. The lowest BCUT2D eigenvalue weighted by molar-refractivity contribution is -0.0436. The molecule has 160 valence electrons. The Morgan fingerprint density at radius 1 is 1.17 bits per heavy atom. The smallest absolute Gasteiger partial charge is 0.495 e. The average molecular weight is 449 g/mol. The largest absolute Gasteiger partial charge is 0.501 e. The van der Waals surface area contributed by atoms with Crippen LogP contribution >= 0.6 is 0 Å². The van der Waals surface area contributed by atoms with Crippen LogP contribution in [0.5, 0.6) is 5.75 Å². The van der Waals surface area contributed by atoms with Crippen molar-refractivity contribution >= 4 is 32.5 Å². The van der Waals surface area contributed by atoms with E-state index in [0.29, 0.717) is 12.1 Å². The molecule has 0 saturated heterocycles. The third kappa shape index (κ3) is 3.92. The van der Waals surface area contributed by atoms with Crippen LogP contribution < -0.4 is 10.1 Å². The normalized spacial score (nSPS) is 12.4. The minimum absolute atomic E-state index is 0.0434. The first kappa shape index (κ1) is 21.5. The lowest BCUT2D eigenvalue weighted by Crippen LogP contribution is -2.23. The Morgan fingerprint density at radius 3 is 2.47 bits per heavy atom. The zero-order valence-corrected chi connectivity index (χ0v) is 15.7. The lowest BCUT2D eigenvalue weighted by atomic mass is 10.2. The number of aromatic nitrogens is 2. The van der Waals surface area contributed by atoms with E-state index in [0.717, 1.165) is 6.07 Å². The molecule has 1 amide bonds. The first-order valence-corrected chi connectivity index (χ1v) is 9.51. The number of nitrogens with one attached hydrogen (secondary N) is 2. The summed E-state index contributed by atoms with van der Waals surface area (Å²) < 4.78 is 92.0. The summed E-state index contributed by atoms with van der Waals surface area (Å²) in [4.78, 5) is 17.4. The third-order valence-electron chi connectivity index (χ3n) is 4.00. The third-order valence-corrected chi connectivity index (χ3v) is 5.49. The first-order chi connectivity index (χ1) is 13.9. The summed E-state index contributed by atoms with van der Waals surface area (Å²) in [7, 11) is -4.48. The second-order valence-electron chi connectivity index (χ2n) is 5.92. The summed E-state index contributed by atoms with van der Waals surface area (Å²) in [6, 6.07) is 6.04. The monoisotopic (exact) mass is 449 g/mol. The van der Waals surface area contributed by atoms with Gasteiger partial charge in [-0.3, -0.25) is 4.79 Å². The summed E-state index contributed by atoms with van der Waals surface area (Å²) in [5.74, 6) is -1.52. The molecule has 0 aliphatic carbocycles. The van der Waals surface area contributed by atoms with Gasteiger partial charge in [-0.2, -0.15) is 13.2 Å².